The van der Waals surface area contributed by atoms with Crippen LogP contribution >= 0.6 is 0 Å². The van der Waals surface area contributed by atoms with Crippen LogP contribution in [0.15, 0.2) is 12.3 Å². The summed E-state index contributed by atoms with van der Waals surface area (Å²) in [6, 6.07) is 1.78. The van der Waals surface area contributed by atoms with Crippen LogP contribution in [-0.4, -0.2) is 36.3 Å². The van der Waals surface area contributed by atoms with Crippen LogP contribution in [0, 0.1) is 5.92 Å². The summed E-state index contributed by atoms with van der Waals surface area (Å²) in [5.41, 5.74) is 0. The molecule has 0 spiro atoms. The van der Waals surface area contributed by atoms with Crippen molar-refractivity contribution in [1.29, 1.82) is 0 Å². The molecule has 1 atom stereocenters. The molecule has 1 aromatic heterocycles. The zero-order valence-electron chi connectivity index (χ0n) is 10.2. The molecule has 0 bridgehead atoms. The number of nitrogens with one attached hydrogen (secondary N) is 1. The zero-order valence-corrected chi connectivity index (χ0v) is 10.2. The molecule has 1 saturated heterocycles. The van der Waals surface area contributed by atoms with Gasteiger partial charge in [-0.3, -0.25) is 0 Å². The predicted molar refractivity (Wildman–Crippen MR) is 65.2 cm³/mol. The van der Waals surface area contributed by atoms with E-state index in [4.69, 9.17) is 9.47 Å². The van der Waals surface area contributed by atoms with Gasteiger partial charge < -0.3 is 14.8 Å². The molecule has 1 unspecified atom stereocenters. The van der Waals surface area contributed by atoms with Crippen molar-refractivity contribution < 1.29 is 9.47 Å². The summed E-state index contributed by atoms with van der Waals surface area (Å²) >= 11 is 0. The van der Waals surface area contributed by atoms with E-state index >= 15 is 0 Å². The number of hydrogen-bond donors (Lipinski definition) is 1. The maximum absolute atomic E-state index is 5.64. The van der Waals surface area contributed by atoms with E-state index in [0.717, 1.165) is 32.6 Å². The summed E-state index contributed by atoms with van der Waals surface area (Å²) in [6.07, 6.45) is 3.84. The lowest BCUT2D eigenvalue weighted by Gasteiger charge is -2.10. The van der Waals surface area contributed by atoms with Gasteiger partial charge >= 0.3 is 0 Å². The summed E-state index contributed by atoms with van der Waals surface area (Å²) in [5, 5.41) is 3.14. The first kappa shape index (κ1) is 12.1. The second-order valence-corrected chi connectivity index (χ2v) is 4.19. The molecule has 1 fully saturated rings. The summed E-state index contributed by atoms with van der Waals surface area (Å²) in [5.74, 6) is 1.76. The van der Waals surface area contributed by atoms with Crippen molar-refractivity contribution in [2.75, 3.05) is 31.7 Å². The van der Waals surface area contributed by atoms with Crippen LogP contribution in [0.1, 0.15) is 19.8 Å². The van der Waals surface area contributed by atoms with E-state index in [1.807, 2.05) is 0 Å². The predicted octanol–water partition coefficient (Wildman–Crippen LogP) is 1.71. The topological polar surface area (TPSA) is 56.3 Å². The van der Waals surface area contributed by atoms with Crippen molar-refractivity contribution in [3.63, 3.8) is 0 Å². The van der Waals surface area contributed by atoms with E-state index in [-0.39, 0.29) is 0 Å². The molecule has 0 radical (unpaired) electrons. The van der Waals surface area contributed by atoms with E-state index < -0.39 is 0 Å². The lowest BCUT2D eigenvalue weighted by molar-refractivity contribution is 0.165. The van der Waals surface area contributed by atoms with Gasteiger partial charge in [0.15, 0.2) is 0 Å². The molecule has 5 heteroatoms. The normalized spacial score (nSPS) is 19.2. The van der Waals surface area contributed by atoms with Crippen molar-refractivity contribution in [2.24, 2.45) is 5.92 Å². The van der Waals surface area contributed by atoms with Gasteiger partial charge in [0.25, 0.3) is 0 Å². The van der Waals surface area contributed by atoms with Crippen molar-refractivity contribution in [3.8, 4) is 5.88 Å². The third kappa shape index (κ3) is 3.85. The molecule has 1 aliphatic heterocycles. The van der Waals surface area contributed by atoms with E-state index in [0.29, 0.717) is 24.4 Å². The first-order valence-corrected chi connectivity index (χ1v) is 6.16. The number of aromatic nitrogens is 2. The fraction of sp³-hybridized carbons (Fsp3) is 0.667. The smallest absolute Gasteiger partial charge is 0.225 e. The highest BCUT2D eigenvalue weighted by atomic mass is 16.5. The molecular weight excluding hydrogens is 218 g/mol. The number of ether oxygens (including phenoxy) is 2. The molecule has 0 saturated carbocycles. The molecule has 1 aliphatic rings. The van der Waals surface area contributed by atoms with Gasteiger partial charge in [0.05, 0.1) is 13.2 Å². The Balaban J connectivity index is 1.82. The molecular formula is C12H19N3O2. The molecule has 5 nitrogen and oxygen atoms in total. The maximum atomic E-state index is 5.64. The first-order chi connectivity index (χ1) is 8.38. The number of anilines is 1. The largest absolute Gasteiger partial charge is 0.477 e. The van der Waals surface area contributed by atoms with Crippen LogP contribution in [-0.2, 0) is 4.74 Å². The number of nitrogens with zero attached hydrogens (tertiary/aromatic N) is 2. The Bertz CT molecular complexity index is 340. The van der Waals surface area contributed by atoms with E-state index in [9.17, 15) is 0 Å². The SMILES string of the molecule is CCCNc1nccc(OCC2CCOC2)n1. The van der Waals surface area contributed by atoms with Crippen LogP contribution in [0.2, 0.25) is 0 Å². The quantitative estimate of drug-likeness (QED) is 0.816. The highest BCUT2D eigenvalue weighted by Gasteiger charge is 2.16. The molecule has 0 aromatic carbocycles. The lowest BCUT2D eigenvalue weighted by Crippen LogP contribution is -2.13. The molecule has 2 heterocycles. The van der Waals surface area contributed by atoms with Crippen molar-refractivity contribution in [2.45, 2.75) is 19.8 Å². The second-order valence-electron chi connectivity index (χ2n) is 4.19. The van der Waals surface area contributed by atoms with E-state index in [1.54, 1.807) is 12.3 Å². The molecule has 0 aliphatic carbocycles. The van der Waals surface area contributed by atoms with Gasteiger partial charge in [-0.05, 0) is 12.8 Å². The Morgan fingerprint density at radius 3 is 3.29 bits per heavy atom. The monoisotopic (exact) mass is 237 g/mol. The molecule has 1 aromatic rings. The summed E-state index contributed by atoms with van der Waals surface area (Å²) in [6.45, 7) is 5.30. The van der Waals surface area contributed by atoms with Crippen molar-refractivity contribution in [3.05, 3.63) is 12.3 Å². The highest BCUT2D eigenvalue weighted by Crippen LogP contribution is 2.15. The van der Waals surface area contributed by atoms with Crippen LogP contribution < -0.4 is 10.1 Å². The second kappa shape index (κ2) is 6.39. The van der Waals surface area contributed by atoms with Gasteiger partial charge in [-0.15, -0.1) is 0 Å². The van der Waals surface area contributed by atoms with Crippen LogP contribution in [0.25, 0.3) is 0 Å². The minimum Gasteiger partial charge on any atom is -0.477 e. The van der Waals surface area contributed by atoms with Gasteiger partial charge in [-0.25, -0.2) is 4.98 Å². The van der Waals surface area contributed by atoms with Gasteiger partial charge in [0.2, 0.25) is 11.8 Å². The third-order valence-electron chi connectivity index (χ3n) is 2.65. The minimum atomic E-state index is 0.497. The molecule has 94 valence electrons. The zero-order chi connectivity index (χ0) is 11.9. The fourth-order valence-electron chi connectivity index (χ4n) is 1.66. The van der Waals surface area contributed by atoms with Gasteiger partial charge in [-0.2, -0.15) is 4.98 Å². The van der Waals surface area contributed by atoms with E-state index in [2.05, 4.69) is 22.2 Å². The average Bonchev–Trinajstić information content (AvgIpc) is 2.87. The Kier molecular flexibility index (Phi) is 4.55. The summed E-state index contributed by atoms with van der Waals surface area (Å²) < 4.78 is 10.9. The third-order valence-corrected chi connectivity index (χ3v) is 2.65. The van der Waals surface area contributed by atoms with Crippen molar-refractivity contribution in [1.82, 2.24) is 9.97 Å². The Morgan fingerprint density at radius 1 is 1.59 bits per heavy atom. The molecule has 0 amide bonds. The number of hydrogen-bond acceptors (Lipinski definition) is 5. The van der Waals surface area contributed by atoms with Crippen molar-refractivity contribution >= 4 is 5.95 Å². The van der Waals surface area contributed by atoms with E-state index in [1.165, 1.54) is 0 Å². The maximum Gasteiger partial charge on any atom is 0.225 e. The summed E-state index contributed by atoms with van der Waals surface area (Å²) in [4.78, 5) is 8.42. The Hall–Kier alpha value is -1.36. The fourth-order valence-corrected chi connectivity index (χ4v) is 1.66. The Morgan fingerprint density at radius 2 is 2.53 bits per heavy atom. The van der Waals surface area contributed by atoms with Gasteiger partial charge in [0, 0.05) is 31.3 Å². The highest BCUT2D eigenvalue weighted by molar-refractivity contribution is 5.27. The van der Waals surface area contributed by atoms with Crippen LogP contribution in [0.4, 0.5) is 5.95 Å². The molecule has 1 N–H and O–H groups in total. The minimum absolute atomic E-state index is 0.497. The van der Waals surface area contributed by atoms with Crippen LogP contribution in [0.5, 0.6) is 5.88 Å². The lowest BCUT2D eigenvalue weighted by atomic mass is 10.1. The number of rotatable bonds is 6. The van der Waals surface area contributed by atoms with Gasteiger partial charge in [0.1, 0.15) is 0 Å². The van der Waals surface area contributed by atoms with Crippen LogP contribution in [0.3, 0.4) is 0 Å². The molecule has 2 rings (SSSR count). The van der Waals surface area contributed by atoms with Gasteiger partial charge in [-0.1, -0.05) is 6.92 Å². The Labute approximate surface area is 102 Å². The standard InChI is InChI=1S/C12H19N3O2/c1-2-5-13-12-14-6-3-11(15-12)17-9-10-4-7-16-8-10/h3,6,10H,2,4-5,7-9H2,1H3,(H,13,14,15). The first-order valence-electron chi connectivity index (χ1n) is 6.16. The average molecular weight is 237 g/mol. The molecule has 17 heavy (non-hydrogen) atoms. The summed E-state index contributed by atoms with van der Waals surface area (Å²) in [7, 11) is 0.